The van der Waals surface area contributed by atoms with E-state index in [0.717, 1.165) is 6.42 Å². The Morgan fingerprint density at radius 1 is 1.12 bits per heavy atom. The van der Waals surface area contributed by atoms with Crippen LogP contribution in [0, 0.1) is 6.92 Å². The van der Waals surface area contributed by atoms with Gasteiger partial charge in [0.15, 0.2) is 0 Å². The molecule has 4 aromatic rings. The predicted molar refractivity (Wildman–Crippen MR) is 132 cm³/mol. The second-order valence-corrected chi connectivity index (χ2v) is 8.70. The lowest BCUT2D eigenvalue weighted by Crippen LogP contribution is -2.32. The van der Waals surface area contributed by atoms with E-state index in [-0.39, 0.29) is 6.04 Å². The Balaban J connectivity index is 1.42. The molecular weight excluding hydrogens is 412 g/mol. The van der Waals surface area contributed by atoms with E-state index >= 15 is 0 Å². The Kier molecular flexibility index (Phi) is 5.72. The number of aryl methyl sites for hydroxylation is 2. The average Bonchev–Trinajstić information content (AvgIpc) is 3.43. The molecule has 0 radical (unpaired) electrons. The van der Waals surface area contributed by atoms with Crippen molar-refractivity contribution >= 4 is 22.8 Å². The van der Waals surface area contributed by atoms with Crippen molar-refractivity contribution in [1.82, 2.24) is 19.5 Å². The first kappa shape index (κ1) is 21.4. The molecule has 1 fully saturated rings. The quantitative estimate of drug-likeness (QED) is 0.449. The lowest BCUT2D eigenvalue weighted by atomic mass is 10.0. The van der Waals surface area contributed by atoms with E-state index in [1.807, 2.05) is 13.0 Å². The Bertz CT molecular complexity index is 1270. The third kappa shape index (κ3) is 4.16. The van der Waals surface area contributed by atoms with Gasteiger partial charge in [-0.25, -0.2) is 0 Å². The van der Waals surface area contributed by atoms with Crippen LogP contribution in [0.25, 0.3) is 22.0 Å². The second-order valence-electron chi connectivity index (χ2n) is 8.70. The summed E-state index contributed by atoms with van der Waals surface area (Å²) in [5, 5.41) is 4.73. The summed E-state index contributed by atoms with van der Waals surface area (Å²) in [5.74, 6) is 1.96. The van der Waals surface area contributed by atoms with Crippen LogP contribution in [0.2, 0.25) is 0 Å². The minimum absolute atomic E-state index is 0.0379. The van der Waals surface area contributed by atoms with Crippen molar-refractivity contribution < 1.29 is 4.74 Å². The van der Waals surface area contributed by atoms with Gasteiger partial charge in [-0.3, -0.25) is 0 Å². The fourth-order valence-electron chi connectivity index (χ4n) is 4.50. The first-order valence-electron chi connectivity index (χ1n) is 11.5. The topological polar surface area (TPSA) is 68.1 Å². The highest BCUT2D eigenvalue weighted by molar-refractivity contribution is 5.96. The number of ether oxygens (including phenoxy) is 1. The number of hydrogen-bond donors (Lipinski definition) is 1. The molecule has 1 saturated heterocycles. The molecule has 3 heterocycles. The van der Waals surface area contributed by atoms with E-state index in [0.29, 0.717) is 37.1 Å². The van der Waals surface area contributed by atoms with Gasteiger partial charge in [-0.2, -0.15) is 15.0 Å². The number of fused-ring (bicyclic) bond motifs is 1. The molecule has 2 aromatic carbocycles. The Hall–Kier alpha value is -3.45. The summed E-state index contributed by atoms with van der Waals surface area (Å²) in [6.07, 6.45) is 3.19. The lowest BCUT2D eigenvalue weighted by Gasteiger charge is -2.22. The van der Waals surface area contributed by atoms with Gasteiger partial charge in [0.1, 0.15) is 12.6 Å². The highest BCUT2D eigenvalue weighted by Gasteiger charge is 2.27. The number of hydrogen-bond acceptors (Lipinski definition) is 6. The molecule has 0 saturated carbocycles. The van der Waals surface area contributed by atoms with Crippen LogP contribution in [-0.4, -0.2) is 38.9 Å². The van der Waals surface area contributed by atoms with Crippen molar-refractivity contribution in [3.8, 4) is 11.1 Å². The molecule has 2 aromatic heterocycles. The van der Waals surface area contributed by atoms with Crippen LogP contribution in [-0.2, 0) is 11.8 Å². The molecule has 1 aliphatic heterocycles. The molecule has 5 rings (SSSR count). The maximum Gasteiger partial charge on any atom is 0.232 e. The number of benzene rings is 2. The molecule has 170 valence electrons. The largest absolute Gasteiger partial charge is 0.359 e. The van der Waals surface area contributed by atoms with Crippen molar-refractivity contribution in [2.75, 3.05) is 23.6 Å². The SMILES string of the molecule is CC[C@H]1COCN1c1nc(C)nc(N[C@@H](C)c2ccc3c(-c4ccccc4)cn(C)c3c2)n1. The van der Waals surface area contributed by atoms with Crippen molar-refractivity contribution in [3.05, 3.63) is 66.1 Å². The first-order valence-corrected chi connectivity index (χ1v) is 11.5. The third-order valence-electron chi connectivity index (χ3n) is 6.39. The fraction of sp³-hybridized carbons (Fsp3) is 0.346. The van der Waals surface area contributed by atoms with Crippen molar-refractivity contribution in [2.45, 2.75) is 39.3 Å². The number of anilines is 2. The van der Waals surface area contributed by atoms with Gasteiger partial charge in [-0.05, 0) is 37.5 Å². The van der Waals surface area contributed by atoms with E-state index < -0.39 is 0 Å². The standard InChI is InChI=1S/C26H30N6O/c1-5-21-15-33-16-32(21)26-29-18(3)28-25(30-26)27-17(2)20-11-12-22-23(14-31(4)24(22)13-20)19-9-7-6-8-10-19/h6-14,17,21H,5,15-16H2,1-4H3,(H,27,28,29,30)/t17-,21-/m0/s1. The molecule has 0 bridgehead atoms. The molecule has 2 atom stereocenters. The first-order chi connectivity index (χ1) is 16.0. The highest BCUT2D eigenvalue weighted by Crippen LogP contribution is 2.32. The van der Waals surface area contributed by atoms with Gasteiger partial charge < -0.3 is 19.5 Å². The van der Waals surface area contributed by atoms with E-state index in [1.165, 1.54) is 27.6 Å². The van der Waals surface area contributed by atoms with E-state index in [9.17, 15) is 0 Å². The predicted octanol–water partition coefficient (Wildman–Crippen LogP) is 5.08. The van der Waals surface area contributed by atoms with Crippen LogP contribution in [0.3, 0.4) is 0 Å². The van der Waals surface area contributed by atoms with Crippen LogP contribution in [0.15, 0.2) is 54.7 Å². The van der Waals surface area contributed by atoms with Gasteiger partial charge in [-0.1, -0.05) is 49.4 Å². The molecule has 1 aliphatic rings. The van der Waals surface area contributed by atoms with E-state index in [2.05, 4.69) is 94.3 Å². The minimum atomic E-state index is 0.0379. The Morgan fingerprint density at radius 3 is 2.73 bits per heavy atom. The normalized spacial score (nSPS) is 17.0. The molecule has 0 spiro atoms. The zero-order valence-electron chi connectivity index (χ0n) is 19.6. The van der Waals surface area contributed by atoms with Crippen molar-refractivity contribution in [3.63, 3.8) is 0 Å². The van der Waals surface area contributed by atoms with Gasteiger partial charge in [0, 0.05) is 29.7 Å². The molecule has 0 amide bonds. The number of rotatable bonds is 6. The summed E-state index contributed by atoms with van der Waals surface area (Å²) in [6.45, 7) is 7.42. The lowest BCUT2D eigenvalue weighted by molar-refractivity contribution is 0.193. The number of nitrogens with one attached hydrogen (secondary N) is 1. The molecule has 0 unspecified atom stereocenters. The maximum absolute atomic E-state index is 5.63. The Morgan fingerprint density at radius 2 is 1.94 bits per heavy atom. The van der Waals surface area contributed by atoms with Crippen LogP contribution in [0.1, 0.15) is 37.7 Å². The van der Waals surface area contributed by atoms with Crippen molar-refractivity contribution in [2.24, 2.45) is 7.05 Å². The molecule has 1 N–H and O–H groups in total. The molecular formula is C26H30N6O. The number of nitrogens with zero attached hydrogens (tertiary/aromatic N) is 5. The van der Waals surface area contributed by atoms with Gasteiger partial charge in [0.25, 0.3) is 0 Å². The summed E-state index contributed by atoms with van der Waals surface area (Å²) in [5.41, 5.74) is 4.86. The third-order valence-corrected chi connectivity index (χ3v) is 6.39. The van der Waals surface area contributed by atoms with Crippen LogP contribution >= 0.6 is 0 Å². The maximum atomic E-state index is 5.63. The summed E-state index contributed by atoms with van der Waals surface area (Å²) in [7, 11) is 2.10. The monoisotopic (exact) mass is 442 g/mol. The zero-order chi connectivity index (χ0) is 22.9. The smallest absolute Gasteiger partial charge is 0.232 e. The summed E-state index contributed by atoms with van der Waals surface area (Å²) in [4.78, 5) is 15.9. The molecule has 7 heteroatoms. The van der Waals surface area contributed by atoms with E-state index in [1.54, 1.807) is 0 Å². The number of aromatic nitrogens is 4. The average molecular weight is 443 g/mol. The van der Waals surface area contributed by atoms with Crippen molar-refractivity contribution in [1.29, 1.82) is 0 Å². The van der Waals surface area contributed by atoms with E-state index in [4.69, 9.17) is 9.72 Å². The van der Waals surface area contributed by atoms with Gasteiger partial charge >= 0.3 is 0 Å². The molecule has 33 heavy (non-hydrogen) atoms. The van der Waals surface area contributed by atoms with Gasteiger partial charge in [-0.15, -0.1) is 0 Å². The molecule has 0 aliphatic carbocycles. The van der Waals surface area contributed by atoms with Crippen LogP contribution in [0.5, 0.6) is 0 Å². The van der Waals surface area contributed by atoms with Gasteiger partial charge in [0.05, 0.1) is 18.7 Å². The minimum Gasteiger partial charge on any atom is -0.359 e. The summed E-state index contributed by atoms with van der Waals surface area (Å²) >= 11 is 0. The summed E-state index contributed by atoms with van der Waals surface area (Å²) < 4.78 is 7.83. The second kappa shape index (κ2) is 8.83. The van der Waals surface area contributed by atoms with Gasteiger partial charge in [0.2, 0.25) is 11.9 Å². The molecule has 7 nitrogen and oxygen atoms in total. The zero-order valence-corrected chi connectivity index (χ0v) is 19.6. The highest BCUT2D eigenvalue weighted by atomic mass is 16.5. The van der Waals surface area contributed by atoms with Crippen LogP contribution in [0.4, 0.5) is 11.9 Å². The Labute approximate surface area is 194 Å². The van der Waals surface area contributed by atoms with Crippen LogP contribution < -0.4 is 10.2 Å². The summed E-state index contributed by atoms with van der Waals surface area (Å²) in [6, 6.07) is 17.5. The fourth-order valence-corrected chi connectivity index (χ4v) is 4.50.